The molecule has 1 fully saturated rings. The molecule has 8 nitrogen and oxygen atoms in total. The van der Waals surface area contributed by atoms with E-state index in [0.717, 1.165) is 0 Å². The third-order valence-corrected chi connectivity index (χ3v) is 7.56. The molecule has 1 amide bonds. The molecule has 2 aromatic rings. The van der Waals surface area contributed by atoms with Crippen LogP contribution in [0.2, 0.25) is 10.0 Å². The van der Waals surface area contributed by atoms with Crippen LogP contribution in [0.4, 0.5) is 0 Å². The highest BCUT2D eigenvalue weighted by Crippen LogP contribution is 2.38. The zero-order chi connectivity index (χ0) is 22.8. The fourth-order valence-corrected chi connectivity index (χ4v) is 5.49. The average Bonchev–Trinajstić information content (AvgIpc) is 2.79. The molecule has 1 aliphatic rings. The lowest BCUT2D eigenvalue weighted by molar-refractivity contribution is 0.0697. The van der Waals surface area contributed by atoms with Crippen LogP contribution in [0, 0.1) is 0 Å². The monoisotopic (exact) mass is 488 g/mol. The number of halogens is 2. The first-order valence-corrected chi connectivity index (χ1v) is 11.5. The second-order valence-electron chi connectivity index (χ2n) is 6.69. The van der Waals surface area contributed by atoms with Gasteiger partial charge in [-0.1, -0.05) is 23.2 Å². The number of methoxy groups -OCH3 is 3. The molecule has 3 rings (SSSR count). The normalized spacial score (nSPS) is 14.9. The highest BCUT2D eigenvalue weighted by molar-refractivity contribution is 7.89. The zero-order valence-corrected chi connectivity index (χ0v) is 19.6. The van der Waals surface area contributed by atoms with Gasteiger partial charge in [-0.25, -0.2) is 8.42 Å². The largest absolute Gasteiger partial charge is 0.493 e. The van der Waals surface area contributed by atoms with Gasteiger partial charge >= 0.3 is 0 Å². The molecule has 0 N–H and O–H groups in total. The number of carbonyl (C=O) groups excluding carboxylic acids is 1. The van der Waals surface area contributed by atoms with E-state index in [1.165, 1.54) is 43.8 Å². The van der Waals surface area contributed by atoms with Crippen molar-refractivity contribution in [1.29, 1.82) is 0 Å². The minimum atomic E-state index is -3.84. The van der Waals surface area contributed by atoms with E-state index in [-0.39, 0.29) is 47.0 Å². The van der Waals surface area contributed by atoms with E-state index in [1.807, 2.05) is 0 Å². The van der Waals surface area contributed by atoms with Gasteiger partial charge in [-0.15, -0.1) is 0 Å². The lowest BCUT2D eigenvalue weighted by Crippen LogP contribution is -2.50. The van der Waals surface area contributed by atoms with Crippen LogP contribution in [-0.2, 0) is 10.0 Å². The van der Waals surface area contributed by atoms with Gasteiger partial charge in [0.1, 0.15) is 4.90 Å². The van der Waals surface area contributed by atoms with Crippen molar-refractivity contribution in [3.63, 3.8) is 0 Å². The number of sulfonamides is 1. The van der Waals surface area contributed by atoms with Crippen molar-refractivity contribution in [2.45, 2.75) is 4.90 Å². The molecular formula is C20H22Cl2N2O6S. The molecule has 0 unspecified atom stereocenters. The Kier molecular flexibility index (Phi) is 7.20. The van der Waals surface area contributed by atoms with Gasteiger partial charge in [0.2, 0.25) is 15.8 Å². The van der Waals surface area contributed by atoms with E-state index in [1.54, 1.807) is 17.0 Å². The Balaban J connectivity index is 1.78. The molecule has 1 saturated heterocycles. The Morgan fingerprint density at radius 2 is 1.48 bits per heavy atom. The third kappa shape index (κ3) is 4.69. The standard InChI is InChI=1S/C20H22Cl2N2O6S/c1-28-16-10-13(11-17(29-2)19(16)30-3)20(25)23-6-8-24(9-7-23)31(26,27)18-12-14(21)4-5-15(18)22/h4-5,10-12H,6-9H2,1-3H3. The maximum atomic E-state index is 13.0. The van der Waals surface area contributed by atoms with Crippen LogP contribution in [0.5, 0.6) is 17.2 Å². The summed E-state index contributed by atoms with van der Waals surface area (Å²) in [5.74, 6) is 0.844. The molecule has 11 heteroatoms. The van der Waals surface area contributed by atoms with E-state index < -0.39 is 10.0 Å². The molecule has 0 bridgehead atoms. The first-order valence-electron chi connectivity index (χ1n) is 9.27. The molecule has 1 aliphatic heterocycles. The summed E-state index contributed by atoms with van der Waals surface area (Å²) in [6, 6.07) is 7.43. The van der Waals surface area contributed by atoms with Gasteiger partial charge in [-0.2, -0.15) is 4.31 Å². The maximum absolute atomic E-state index is 13.0. The molecule has 0 aliphatic carbocycles. The van der Waals surface area contributed by atoms with E-state index >= 15 is 0 Å². The number of nitrogens with zero attached hydrogens (tertiary/aromatic N) is 2. The van der Waals surface area contributed by atoms with Crippen molar-refractivity contribution < 1.29 is 27.4 Å². The Morgan fingerprint density at radius 3 is 2.00 bits per heavy atom. The second kappa shape index (κ2) is 9.52. The Hall–Kier alpha value is -2.20. The smallest absolute Gasteiger partial charge is 0.254 e. The predicted octanol–water partition coefficient (Wildman–Crippen LogP) is 3.17. The fourth-order valence-electron chi connectivity index (χ4n) is 3.33. The number of rotatable bonds is 6. The number of carbonyl (C=O) groups is 1. The van der Waals surface area contributed by atoms with Gasteiger partial charge < -0.3 is 19.1 Å². The van der Waals surface area contributed by atoms with E-state index in [2.05, 4.69) is 0 Å². The van der Waals surface area contributed by atoms with Crippen molar-refractivity contribution in [3.8, 4) is 17.2 Å². The molecule has 168 valence electrons. The topological polar surface area (TPSA) is 85.4 Å². The molecule has 0 radical (unpaired) electrons. The number of hydrogen-bond donors (Lipinski definition) is 0. The minimum absolute atomic E-state index is 0.0499. The molecule has 0 aromatic heterocycles. The van der Waals surface area contributed by atoms with Crippen LogP contribution >= 0.6 is 23.2 Å². The van der Waals surface area contributed by atoms with Gasteiger partial charge in [0.25, 0.3) is 5.91 Å². The van der Waals surface area contributed by atoms with Crippen LogP contribution in [-0.4, -0.2) is 71.0 Å². The highest BCUT2D eigenvalue weighted by Gasteiger charge is 2.32. The van der Waals surface area contributed by atoms with Crippen LogP contribution in [0.1, 0.15) is 10.4 Å². The first kappa shape index (κ1) is 23.5. The lowest BCUT2D eigenvalue weighted by Gasteiger charge is -2.34. The summed E-state index contributed by atoms with van der Waals surface area (Å²) in [6.45, 7) is 0.683. The minimum Gasteiger partial charge on any atom is -0.493 e. The Labute approximate surface area is 191 Å². The van der Waals surface area contributed by atoms with Crippen LogP contribution in [0.3, 0.4) is 0 Å². The predicted molar refractivity (Wildman–Crippen MR) is 117 cm³/mol. The number of ether oxygens (including phenoxy) is 3. The molecule has 0 atom stereocenters. The number of amides is 1. The van der Waals surface area contributed by atoms with Crippen LogP contribution < -0.4 is 14.2 Å². The number of benzene rings is 2. The lowest BCUT2D eigenvalue weighted by atomic mass is 10.1. The Morgan fingerprint density at radius 1 is 0.903 bits per heavy atom. The highest BCUT2D eigenvalue weighted by atomic mass is 35.5. The third-order valence-electron chi connectivity index (χ3n) is 4.95. The number of hydrogen-bond acceptors (Lipinski definition) is 6. The van der Waals surface area contributed by atoms with Crippen LogP contribution in [0.15, 0.2) is 35.2 Å². The van der Waals surface area contributed by atoms with E-state index in [4.69, 9.17) is 37.4 Å². The van der Waals surface area contributed by atoms with Gasteiger partial charge in [0.05, 0.1) is 26.4 Å². The molecular weight excluding hydrogens is 467 g/mol. The van der Waals surface area contributed by atoms with Crippen molar-refractivity contribution in [2.75, 3.05) is 47.5 Å². The fraction of sp³-hybridized carbons (Fsp3) is 0.350. The van der Waals surface area contributed by atoms with Crippen molar-refractivity contribution in [1.82, 2.24) is 9.21 Å². The quantitative estimate of drug-likeness (QED) is 0.620. The Bertz CT molecular complexity index is 1060. The van der Waals surface area contributed by atoms with E-state index in [9.17, 15) is 13.2 Å². The second-order valence-corrected chi connectivity index (χ2v) is 9.44. The van der Waals surface area contributed by atoms with Gasteiger partial charge in [0.15, 0.2) is 11.5 Å². The molecule has 2 aromatic carbocycles. The van der Waals surface area contributed by atoms with E-state index in [0.29, 0.717) is 22.8 Å². The summed E-state index contributed by atoms with van der Waals surface area (Å²) in [5.41, 5.74) is 0.351. The van der Waals surface area contributed by atoms with Gasteiger partial charge in [-0.3, -0.25) is 4.79 Å². The van der Waals surface area contributed by atoms with Crippen molar-refractivity contribution >= 4 is 39.1 Å². The summed E-state index contributed by atoms with van der Waals surface area (Å²) in [7, 11) is 0.580. The number of piperazine rings is 1. The zero-order valence-electron chi connectivity index (χ0n) is 17.2. The molecule has 0 spiro atoms. The van der Waals surface area contributed by atoms with Crippen molar-refractivity contribution in [2.24, 2.45) is 0 Å². The molecule has 31 heavy (non-hydrogen) atoms. The maximum Gasteiger partial charge on any atom is 0.254 e. The molecule has 1 heterocycles. The van der Waals surface area contributed by atoms with Gasteiger partial charge in [-0.05, 0) is 30.3 Å². The summed E-state index contributed by atoms with van der Waals surface area (Å²) >= 11 is 12.0. The average molecular weight is 489 g/mol. The van der Waals surface area contributed by atoms with Crippen molar-refractivity contribution in [3.05, 3.63) is 45.9 Å². The summed E-state index contributed by atoms with van der Waals surface area (Å²) in [4.78, 5) is 14.6. The SMILES string of the molecule is COc1cc(C(=O)N2CCN(S(=O)(=O)c3cc(Cl)ccc3Cl)CC2)cc(OC)c1OC. The summed E-state index contributed by atoms with van der Waals surface area (Å²) in [5, 5.41) is 0.375. The molecule has 0 saturated carbocycles. The van der Waals surface area contributed by atoms with Crippen LogP contribution in [0.25, 0.3) is 0 Å². The summed E-state index contributed by atoms with van der Waals surface area (Å²) < 4.78 is 43.1. The van der Waals surface area contributed by atoms with Gasteiger partial charge in [0, 0.05) is 36.8 Å². The first-order chi connectivity index (χ1) is 14.7. The summed E-state index contributed by atoms with van der Waals surface area (Å²) in [6.07, 6.45) is 0.